The molecule has 0 spiro atoms. The second-order valence-corrected chi connectivity index (χ2v) is 4.25. The van der Waals surface area contributed by atoms with Crippen molar-refractivity contribution in [1.82, 2.24) is 20.4 Å². The second-order valence-electron chi connectivity index (χ2n) is 4.25. The molecule has 1 aromatic rings. The van der Waals surface area contributed by atoms with Gasteiger partial charge in [0, 0.05) is 19.3 Å². The monoisotopic (exact) mass is 238 g/mol. The lowest BCUT2D eigenvalue weighted by Crippen LogP contribution is -2.43. The maximum absolute atomic E-state index is 11.6. The van der Waals surface area contributed by atoms with Crippen molar-refractivity contribution >= 4 is 5.91 Å². The highest BCUT2D eigenvalue weighted by molar-refractivity contribution is 5.81. The first-order chi connectivity index (χ1) is 8.13. The van der Waals surface area contributed by atoms with E-state index in [0.29, 0.717) is 0 Å². The van der Waals surface area contributed by atoms with Crippen molar-refractivity contribution in [3.8, 4) is 0 Å². The van der Waals surface area contributed by atoms with Crippen molar-refractivity contribution < 1.29 is 4.79 Å². The van der Waals surface area contributed by atoms with Crippen LogP contribution in [-0.2, 0) is 11.3 Å². The predicted octanol–water partition coefficient (Wildman–Crippen LogP) is 0.696. The van der Waals surface area contributed by atoms with Crippen LogP contribution in [0, 0.1) is 6.92 Å². The van der Waals surface area contributed by atoms with Crippen LogP contribution in [0.3, 0.4) is 0 Å². The Morgan fingerprint density at radius 2 is 2.29 bits per heavy atom. The van der Waals surface area contributed by atoms with Crippen molar-refractivity contribution in [1.29, 1.82) is 0 Å². The van der Waals surface area contributed by atoms with Gasteiger partial charge in [-0.2, -0.15) is 5.10 Å². The van der Waals surface area contributed by atoms with Crippen LogP contribution in [-0.4, -0.2) is 34.8 Å². The Balaban J connectivity index is 2.19. The Hall–Kier alpha value is -1.36. The van der Waals surface area contributed by atoms with E-state index >= 15 is 0 Å². The average Bonchev–Trinajstić information content (AvgIpc) is 2.71. The molecule has 0 bridgehead atoms. The summed E-state index contributed by atoms with van der Waals surface area (Å²) in [7, 11) is 0. The summed E-state index contributed by atoms with van der Waals surface area (Å²) in [5.74, 6) is 0.0588. The smallest absolute Gasteiger partial charge is 0.236 e. The molecule has 2 N–H and O–H groups in total. The van der Waals surface area contributed by atoms with Gasteiger partial charge < -0.3 is 10.6 Å². The van der Waals surface area contributed by atoms with Crippen LogP contribution in [0.1, 0.15) is 25.8 Å². The van der Waals surface area contributed by atoms with Crippen LogP contribution < -0.4 is 10.6 Å². The molecule has 17 heavy (non-hydrogen) atoms. The highest BCUT2D eigenvalue weighted by atomic mass is 16.2. The molecule has 1 rings (SSSR count). The minimum atomic E-state index is -0.154. The summed E-state index contributed by atoms with van der Waals surface area (Å²) in [5, 5.41) is 10.2. The molecule has 5 heteroatoms. The quantitative estimate of drug-likeness (QED) is 0.735. The first kappa shape index (κ1) is 13.7. The van der Waals surface area contributed by atoms with Gasteiger partial charge in [-0.1, -0.05) is 6.92 Å². The first-order valence-corrected chi connectivity index (χ1v) is 6.13. The number of carbonyl (C=O) groups excluding carboxylic acids is 1. The van der Waals surface area contributed by atoms with Gasteiger partial charge in [-0.25, -0.2) is 0 Å². The summed E-state index contributed by atoms with van der Waals surface area (Å²) in [6.45, 7) is 8.18. The third kappa shape index (κ3) is 4.99. The number of nitrogens with one attached hydrogen (secondary N) is 2. The van der Waals surface area contributed by atoms with Crippen molar-refractivity contribution in [2.75, 3.05) is 13.1 Å². The number of rotatable bonds is 7. The number of hydrogen-bond donors (Lipinski definition) is 2. The fraction of sp³-hybridized carbons (Fsp3) is 0.667. The number of aryl methyl sites for hydroxylation is 1. The van der Waals surface area contributed by atoms with Gasteiger partial charge in [0.1, 0.15) is 0 Å². The second kappa shape index (κ2) is 7.06. The number of carbonyl (C=O) groups is 1. The average molecular weight is 238 g/mol. The summed E-state index contributed by atoms with van der Waals surface area (Å²) < 4.78 is 1.87. The van der Waals surface area contributed by atoms with Crippen LogP contribution in [0.4, 0.5) is 0 Å². The minimum absolute atomic E-state index is 0.0588. The van der Waals surface area contributed by atoms with E-state index in [2.05, 4.69) is 15.7 Å². The van der Waals surface area contributed by atoms with Crippen molar-refractivity contribution in [3.63, 3.8) is 0 Å². The first-order valence-electron chi connectivity index (χ1n) is 6.13. The summed E-state index contributed by atoms with van der Waals surface area (Å²) in [4.78, 5) is 11.6. The van der Waals surface area contributed by atoms with Crippen LogP contribution >= 0.6 is 0 Å². The van der Waals surface area contributed by atoms with Crippen LogP contribution in [0.15, 0.2) is 12.4 Å². The Labute approximate surface area is 103 Å². The van der Waals surface area contributed by atoms with E-state index in [1.54, 1.807) is 0 Å². The summed E-state index contributed by atoms with van der Waals surface area (Å²) in [6, 6.07) is -0.154. The van der Waals surface area contributed by atoms with E-state index < -0.39 is 0 Å². The Morgan fingerprint density at radius 3 is 2.88 bits per heavy atom. The van der Waals surface area contributed by atoms with Crippen molar-refractivity contribution in [3.05, 3.63) is 18.0 Å². The third-order valence-corrected chi connectivity index (χ3v) is 2.50. The molecule has 1 amide bonds. The maximum Gasteiger partial charge on any atom is 0.236 e. The Bertz CT molecular complexity index is 348. The molecule has 1 heterocycles. The van der Waals surface area contributed by atoms with E-state index in [0.717, 1.165) is 31.6 Å². The Morgan fingerprint density at radius 1 is 1.53 bits per heavy atom. The van der Waals surface area contributed by atoms with E-state index in [9.17, 15) is 4.79 Å². The normalized spacial score (nSPS) is 12.4. The molecule has 1 aromatic heterocycles. The fourth-order valence-electron chi connectivity index (χ4n) is 1.48. The van der Waals surface area contributed by atoms with Gasteiger partial charge in [0.2, 0.25) is 5.91 Å². The van der Waals surface area contributed by atoms with Crippen molar-refractivity contribution in [2.45, 2.75) is 39.8 Å². The number of amides is 1. The fourth-order valence-corrected chi connectivity index (χ4v) is 1.48. The molecule has 0 aliphatic carbocycles. The SMILES string of the molecule is CCCNC(=O)C(C)NCCn1cc(C)cn1. The predicted molar refractivity (Wildman–Crippen MR) is 67.7 cm³/mol. The number of nitrogens with zero attached hydrogens (tertiary/aromatic N) is 2. The zero-order valence-electron chi connectivity index (χ0n) is 10.9. The van der Waals surface area contributed by atoms with Gasteiger partial charge in [-0.05, 0) is 25.8 Å². The molecule has 96 valence electrons. The molecular formula is C12H22N4O. The maximum atomic E-state index is 11.6. The molecule has 1 atom stereocenters. The topological polar surface area (TPSA) is 59.0 Å². The van der Waals surface area contributed by atoms with Gasteiger partial charge in [0.05, 0.1) is 18.8 Å². The molecule has 0 saturated carbocycles. The molecule has 0 aromatic carbocycles. The molecular weight excluding hydrogens is 216 g/mol. The van der Waals surface area contributed by atoms with E-state index in [1.807, 2.05) is 37.8 Å². The lowest BCUT2D eigenvalue weighted by Gasteiger charge is -2.13. The lowest BCUT2D eigenvalue weighted by molar-refractivity contribution is -0.122. The molecule has 0 fully saturated rings. The third-order valence-electron chi connectivity index (χ3n) is 2.50. The number of hydrogen-bond acceptors (Lipinski definition) is 3. The molecule has 1 unspecified atom stereocenters. The standard InChI is InChI=1S/C12H22N4O/c1-4-5-14-12(17)11(3)13-6-7-16-9-10(2)8-15-16/h8-9,11,13H,4-7H2,1-3H3,(H,14,17). The zero-order valence-corrected chi connectivity index (χ0v) is 10.9. The van der Waals surface area contributed by atoms with Crippen LogP contribution in [0.2, 0.25) is 0 Å². The highest BCUT2D eigenvalue weighted by Gasteiger charge is 2.10. The molecule has 0 aliphatic rings. The van der Waals surface area contributed by atoms with E-state index in [-0.39, 0.29) is 11.9 Å². The van der Waals surface area contributed by atoms with Crippen molar-refractivity contribution in [2.24, 2.45) is 0 Å². The van der Waals surface area contributed by atoms with Crippen LogP contribution in [0.5, 0.6) is 0 Å². The van der Waals surface area contributed by atoms with E-state index in [1.165, 1.54) is 0 Å². The number of aromatic nitrogens is 2. The van der Waals surface area contributed by atoms with Gasteiger partial charge >= 0.3 is 0 Å². The summed E-state index contributed by atoms with van der Waals surface area (Å²) >= 11 is 0. The molecule has 0 saturated heterocycles. The van der Waals surface area contributed by atoms with Crippen LogP contribution in [0.25, 0.3) is 0 Å². The van der Waals surface area contributed by atoms with E-state index in [4.69, 9.17) is 0 Å². The summed E-state index contributed by atoms with van der Waals surface area (Å²) in [6.07, 6.45) is 4.78. The van der Waals surface area contributed by atoms with Gasteiger partial charge in [-0.3, -0.25) is 9.48 Å². The summed E-state index contributed by atoms with van der Waals surface area (Å²) in [5.41, 5.74) is 1.15. The van der Waals surface area contributed by atoms with Gasteiger partial charge in [-0.15, -0.1) is 0 Å². The lowest BCUT2D eigenvalue weighted by atomic mass is 10.3. The highest BCUT2D eigenvalue weighted by Crippen LogP contribution is 1.93. The minimum Gasteiger partial charge on any atom is -0.355 e. The largest absolute Gasteiger partial charge is 0.355 e. The van der Waals surface area contributed by atoms with Gasteiger partial charge in [0.25, 0.3) is 0 Å². The molecule has 0 aliphatic heterocycles. The molecule has 0 radical (unpaired) electrons. The zero-order chi connectivity index (χ0) is 12.7. The Kier molecular flexibility index (Phi) is 5.69. The molecule has 5 nitrogen and oxygen atoms in total. The van der Waals surface area contributed by atoms with Gasteiger partial charge in [0.15, 0.2) is 0 Å².